The Morgan fingerprint density at radius 1 is 0.831 bits per heavy atom. The van der Waals surface area contributed by atoms with Crippen molar-refractivity contribution in [2.75, 3.05) is 13.2 Å². The molecule has 0 radical (unpaired) electrons. The molecule has 1 heterocycles. The summed E-state index contributed by atoms with van der Waals surface area (Å²) in [6.45, 7) is 18.4. The smallest absolute Gasteiger partial charge is 0.408 e. The summed E-state index contributed by atoms with van der Waals surface area (Å²) in [5, 5.41) is 18.6. The number of ether oxygens (including phenoxy) is 5. The number of alkyl carbamates (subject to hydrolysis) is 1. The molecule has 1 aromatic rings. The van der Waals surface area contributed by atoms with E-state index in [0.29, 0.717) is 19.4 Å². The molecule has 1 aliphatic rings. The van der Waals surface area contributed by atoms with E-state index >= 15 is 0 Å². The van der Waals surface area contributed by atoms with E-state index in [4.69, 9.17) is 23.7 Å². The molecule has 59 heavy (non-hydrogen) atoms. The van der Waals surface area contributed by atoms with E-state index in [-0.39, 0.29) is 31.2 Å². The van der Waals surface area contributed by atoms with Gasteiger partial charge in [-0.2, -0.15) is 0 Å². The van der Waals surface area contributed by atoms with E-state index in [2.05, 4.69) is 22.9 Å². The van der Waals surface area contributed by atoms with Crippen LogP contribution in [0, 0.1) is 11.8 Å². The van der Waals surface area contributed by atoms with Crippen LogP contribution in [0.2, 0.25) is 0 Å². The van der Waals surface area contributed by atoms with E-state index in [1.165, 1.54) is 58.3 Å². The number of amides is 3. The first kappa shape index (κ1) is 51.9. The molecular weight excluding hydrogens is 755 g/mol. The lowest BCUT2D eigenvalue weighted by molar-refractivity contribution is -0.286. The minimum absolute atomic E-state index is 0.174. The van der Waals surface area contributed by atoms with Gasteiger partial charge in [-0.05, 0) is 72.3 Å². The minimum Gasteiger partial charge on any atom is -0.460 e. The maximum absolute atomic E-state index is 14.2. The molecule has 338 valence electrons. The monoisotopic (exact) mass is 834 g/mol. The Bertz CT molecular complexity index is 1370. The second kappa shape index (κ2) is 26.8. The molecule has 0 spiro atoms. The summed E-state index contributed by atoms with van der Waals surface area (Å²) in [6.07, 6.45) is 11.5. The number of esters is 1. The fourth-order valence-electron chi connectivity index (χ4n) is 7.07. The van der Waals surface area contributed by atoms with Crippen molar-refractivity contribution < 1.29 is 48.0 Å². The highest BCUT2D eigenvalue weighted by molar-refractivity contribution is 5.93. The summed E-state index contributed by atoms with van der Waals surface area (Å²) in [6, 6.07) is 5.60. The van der Waals surface area contributed by atoms with E-state index in [1.807, 2.05) is 51.1 Å². The normalized spacial score (nSPS) is 18.5. The Morgan fingerprint density at radius 2 is 1.41 bits per heavy atom. The van der Waals surface area contributed by atoms with E-state index in [0.717, 1.165) is 24.8 Å². The van der Waals surface area contributed by atoms with Gasteiger partial charge in [0.15, 0.2) is 11.8 Å². The van der Waals surface area contributed by atoms with Crippen molar-refractivity contribution >= 4 is 23.9 Å². The van der Waals surface area contributed by atoms with Crippen molar-refractivity contribution in [1.29, 1.82) is 0 Å². The predicted octanol–water partition coefficient (Wildman–Crippen LogP) is 7.89. The number of aliphatic hydroxyl groups is 1. The molecular formula is C46H79N3O10. The number of hydrogen-bond acceptors (Lipinski definition) is 10. The molecule has 13 heteroatoms. The summed E-state index contributed by atoms with van der Waals surface area (Å²) in [5.74, 6) is -3.56. The van der Waals surface area contributed by atoms with Crippen molar-refractivity contribution in [2.45, 2.75) is 207 Å². The van der Waals surface area contributed by atoms with Gasteiger partial charge in [-0.15, -0.1) is 0 Å². The molecule has 4 N–H and O–H groups in total. The lowest BCUT2D eigenvalue weighted by Gasteiger charge is -2.40. The minimum atomic E-state index is -1.47. The van der Waals surface area contributed by atoms with Crippen molar-refractivity contribution in [1.82, 2.24) is 16.0 Å². The molecule has 0 unspecified atom stereocenters. The van der Waals surface area contributed by atoms with Gasteiger partial charge in [-0.3, -0.25) is 9.59 Å². The quantitative estimate of drug-likeness (QED) is 0.0505. The second-order valence-electron chi connectivity index (χ2n) is 18.0. The Kier molecular flexibility index (Phi) is 23.6. The van der Waals surface area contributed by atoms with E-state index < -0.39 is 65.6 Å². The van der Waals surface area contributed by atoms with Crippen LogP contribution in [0.4, 0.5) is 4.79 Å². The number of rotatable bonds is 27. The molecule has 1 aliphatic heterocycles. The van der Waals surface area contributed by atoms with Crippen LogP contribution in [0.5, 0.6) is 0 Å². The summed E-state index contributed by atoms with van der Waals surface area (Å²) in [7, 11) is 0. The first-order valence-electron chi connectivity index (χ1n) is 22.3. The van der Waals surface area contributed by atoms with Gasteiger partial charge in [0, 0.05) is 5.92 Å². The van der Waals surface area contributed by atoms with Crippen LogP contribution in [0.1, 0.15) is 158 Å². The Labute approximate surface area is 355 Å². The third-order valence-electron chi connectivity index (χ3n) is 10.5. The summed E-state index contributed by atoms with van der Waals surface area (Å²) in [4.78, 5) is 54.2. The van der Waals surface area contributed by atoms with Gasteiger partial charge < -0.3 is 44.7 Å². The molecule has 1 saturated heterocycles. The number of nitrogens with one attached hydrogen (secondary N) is 3. The molecule has 1 fully saturated rings. The highest BCUT2D eigenvalue weighted by Gasteiger charge is 2.39. The van der Waals surface area contributed by atoms with Crippen LogP contribution in [0.25, 0.3) is 0 Å². The summed E-state index contributed by atoms with van der Waals surface area (Å²) >= 11 is 0. The van der Waals surface area contributed by atoms with E-state index in [9.17, 15) is 24.3 Å². The van der Waals surface area contributed by atoms with Crippen molar-refractivity contribution in [2.24, 2.45) is 11.8 Å². The standard InChI is InChI=1S/C46H79N3O10/c1-11-12-13-14-15-16-17-18-19-20-24-27-37(33(4)38-28-29-56-46(9,10)58-38)57-43(53)36(31-55-30-35-25-22-21-23-26-35)47-42(52)40(34(5)50)48-41(51)39(32(2)3)49-44(54)59-45(6,7)8/h21-23,25-26,32-34,36-40,50H,11-20,24,27-31H2,1-10H3,(H,47,52)(H,48,51)(H,49,54)/t33-,34+,36-,37+,38-,39-,40-/m0/s1. The largest absolute Gasteiger partial charge is 0.460 e. The topological polar surface area (TPSA) is 171 Å². The van der Waals surface area contributed by atoms with Gasteiger partial charge in [0.1, 0.15) is 23.8 Å². The van der Waals surface area contributed by atoms with Gasteiger partial charge in [0.2, 0.25) is 11.8 Å². The Balaban J connectivity index is 2.23. The number of aliphatic hydroxyl groups excluding tert-OH is 1. The number of hydrogen-bond donors (Lipinski definition) is 4. The predicted molar refractivity (Wildman–Crippen MR) is 229 cm³/mol. The summed E-state index contributed by atoms with van der Waals surface area (Å²) < 4.78 is 29.7. The highest BCUT2D eigenvalue weighted by Crippen LogP contribution is 2.31. The first-order chi connectivity index (χ1) is 27.8. The fraction of sp³-hybridized carbons (Fsp3) is 0.783. The molecule has 1 aromatic carbocycles. The molecule has 7 atom stereocenters. The maximum atomic E-state index is 14.2. The third kappa shape index (κ3) is 21.2. The SMILES string of the molecule is CCCCCCCCCCCCC[C@@H](OC(=O)[C@H](COCc1ccccc1)NC(=O)[C@@H](NC(=O)[C@@H](NC(=O)OC(C)(C)C)C(C)C)[C@@H](C)O)[C@H](C)[C@@H]1CCOC(C)(C)O1. The first-order valence-corrected chi connectivity index (χ1v) is 22.3. The van der Waals surface area contributed by atoms with Crippen molar-refractivity contribution in [3.63, 3.8) is 0 Å². The van der Waals surface area contributed by atoms with Crippen LogP contribution < -0.4 is 16.0 Å². The maximum Gasteiger partial charge on any atom is 0.408 e. The lowest BCUT2D eigenvalue weighted by Crippen LogP contribution is -2.60. The van der Waals surface area contributed by atoms with Crippen molar-refractivity contribution in [3.8, 4) is 0 Å². The molecule has 2 rings (SSSR count). The average molecular weight is 834 g/mol. The number of unbranched alkanes of at least 4 members (excludes halogenated alkanes) is 10. The van der Waals surface area contributed by atoms with Gasteiger partial charge >= 0.3 is 12.1 Å². The molecule has 13 nitrogen and oxygen atoms in total. The van der Waals surface area contributed by atoms with Crippen LogP contribution in [0.15, 0.2) is 30.3 Å². The van der Waals surface area contributed by atoms with Crippen LogP contribution in [0.3, 0.4) is 0 Å². The Morgan fingerprint density at radius 3 is 1.95 bits per heavy atom. The van der Waals surface area contributed by atoms with Gasteiger partial charge in [0.05, 0.1) is 32.0 Å². The summed E-state index contributed by atoms with van der Waals surface area (Å²) in [5.41, 5.74) is 0.0775. The number of carbonyl (C=O) groups excluding carboxylic acids is 4. The zero-order chi connectivity index (χ0) is 44.0. The lowest BCUT2D eigenvalue weighted by atomic mass is 9.91. The van der Waals surface area contributed by atoms with Crippen LogP contribution in [-0.4, -0.2) is 90.0 Å². The third-order valence-corrected chi connectivity index (χ3v) is 10.5. The second-order valence-corrected chi connectivity index (χ2v) is 18.0. The molecule has 0 saturated carbocycles. The molecule has 3 amide bonds. The van der Waals surface area contributed by atoms with Crippen molar-refractivity contribution in [3.05, 3.63) is 35.9 Å². The molecule has 0 aromatic heterocycles. The van der Waals surface area contributed by atoms with Crippen LogP contribution >= 0.6 is 0 Å². The number of carbonyl (C=O) groups is 4. The van der Waals surface area contributed by atoms with Gasteiger partial charge in [-0.1, -0.05) is 122 Å². The molecule has 0 aliphatic carbocycles. The number of benzene rings is 1. The van der Waals surface area contributed by atoms with Gasteiger partial charge in [0.25, 0.3) is 0 Å². The van der Waals surface area contributed by atoms with E-state index in [1.54, 1.807) is 34.6 Å². The fourth-order valence-corrected chi connectivity index (χ4v) is 7.07. The highest BCUT2D eigenvalue weighted by atomic mass is 16.7. The zero-order valence-corrected chi connectivity index (χ0v) is 37.9. The van der Waals surface area contributed by atoms with Gasteiger partial charge in [-0.25, -0.2) is 9.59 Å². The molecule has 0 bridgehead atoms. The Hall–Kier alpha value is -3.26. The van der Waals surface area contributed by atoms with Crippen LogP contribution in [-0.2, 0) is 44.7 Å². The average Bonchev–Trinajstić information content (AvgIpc) is 3.15. The zero-order valence-electron chi connectivity index (χ0n) is 37.9.